The van der Waals surface area contributed by atoms with Crippen molar-refractivity contribution in [1.29, 1.82) is 0 Å². The van der Waals surface area contributed by atoms with Crippen LogP contribution in [0.3, 0.4) is 0 Å². The quantitative estimate of drug-likeness (QED) is 0.724. The molecule has 3 rings (SSSR count). The lowest BCUT2D eigenvalue weighted by molar-refractivity contribution is 0.711. The number of aryl methyl sites for hydroxylation is 1. The average Bonchev–Trinajstić information content (AvgIpc) is 3.07. The molecule has 0 amide bonds. The van der Waals surface area contributed by atoms with E-state index in [0.29, 0.717) is 6.04 Å². The van der Waals surface area contributed by atoms with Crippen LogP contribution >= 0.6 is 22.7 Å². The molecular formula is C16H17NS2. The van der Waals surface area contributed by atoms with Crippen LogP contribution in [0.4, 0.5) is 0 Å². The first-order valence-electron chi connectivity index (χ1n) is 6.55. The fourth-order valence-electron chi connectivity index (χ4n) is 2.41. The minimum atomic E-state index is 0.307. The monoisotopic (exact) mass is 287 g/mol. The number of hydrogen-bond acceptors (Lipinski definition) is 3. The molecule has 0 aliphatic rings. The molecule has 0 bridgehead atoms. The molecule has 98 valence electrons. The van der Waals surface area contributed by atoms with Crippen LogP contribution in [-0.2, 0) is 6.42 Å². The van der Waals surface area contributed by atoms with E-state index in [4.69, 9.17) is 0 Å². The van der Waals surface area contributed by atoms with Crippen LogP contribution in [0.1, 0.15) is 28.3 Å². The van der Waals surface area contributed by atoms with E-state index in [1.165, 1.54) is 25.4 Å². The van der Waals surface area contributed by atoms with Crippen molar-refractivity contribution in [3.8, 4) is 0 Å². The number of rotatable bonds is 4. The van der Waals surface area contributed by atoms with Crippen molar-refractivity contribution in [3.05, 3.63) is 57.1 Å². The second-order valence-corrected chi connectivity index (χ2v) is 6.68. The van der Waals surface area contributed by atoms with Crippen molar-refractivity contribution in [2.24, 2.45) is 0 Å². The van der Waals surface area contributed by atoms with E-state index in [9.17, 15) is 0 Å². The van der Waals surface area contributed by atoms with Crippen LogP contribution in [0.15, 0.2) is 41.8 Å². The van der Waals surface area contributed by atoms with Gasteiger partial charge in [0.2, 0.25) is 0 Å². The lowest BCUT2D eigenvalue weighted by Gasteiger charge is -2.14. The molecule has 0 fully saturated rings. The van der Waals surface area contributed by atoms with E-state index in [-0.39, 0.29) is 0 Å². The number of benzene rings is 1. The van der Waals surface area contributed by atoms with Gasteiger partial charge in [-0.15, -0.1) is 22.7 Å². The molecule has 0 saturated heterocycles. The molecule has 19 heavy (non-hydrogen) atoms. The molecule has 2 heterocycles. The Morgan fingerprint density at radius 2 is 2.00 bits per heavy atom. The van der Waals surface area contributed by atoms with Gasteiger partial charge in [0, 0.05) is 14.5 Å². The third kappa shape index (κ3) is 2.34. The highest BCUT2D eigenvalue weighted by Crippen LogP contribution is 2.35. The molecule has 3 heteroatoms. The van der Waals surface area contributed by atoms with Crippen molar-refractivity contribution in [1.82, 2.24) is 5.32 Å². The first-order chi connectivity index (χ1) is 9.33. The van der Waals surface area contributed by atoms with Crippen LogP contribution in [0.2, 0.25) is 0 Å². The number of hydrogen-bond donors (Lipinski definition) is 1. The van der Waals surface area contributed by atoms with Gasteiger partial charge in [-0.1, -0.05) is 25.1 Å². The highest BCUT2D eigenvalue weighted by atomic mass is 32.1. The van der Waals surface area contributed by atoms with Crippen molar-refractivity contribution in [2.45, 2.75) is 19.4 Å². The summed E-state index contributed by atoms with van der Waals surface area (Å²) < 4.78 is 1.37. The topological polar surface area (TPSA) is 12.0 Å². The molecule has 1 nitrogen and oxygen atoms in total. The molecule has 0 saturated carbocycles. The van der Waals surface area contributed by atoms with Gasteiger partial charge in [0.25, 0.3) is 0 Å². The summed E-state index contributed by atoms with van der Waals surface area (Å²) in [5, 5.41) is 7.13. The van der Waals surface area contributed by atoms with Crippen molar-refractivity contribution in [3.63, 3.8) is 0 Å². The summed E-state index contributed by atoms with van der Waals surface area (Å²) in [4.78, 5) is 2.86. The minimum absolute atomic E-state index is 0.307. The maximum absolute atomic E-state index is 3.47. The summed E-state index contributed by atoms with van der Waals surface area (Å²) in [5.74, 6) is 0. The van der Waals surface area contributed by atoms with Crippen LogP contribution in [-0.4, -0.2) is 7.05 Å². The number of nitrogens with one attached hydrogen (secondary N) is 1. The lowest BCUT2D eigenvalue weighted by atomic mass is 10.0. The molecule has 0 aliphatic heterocycles. The SMILES string of the molecule is CCc1ccc(C(NC)c2csc3ccccc23)s1. The Morgan fingerprint density at radius 3 is 2.74 bits per heavy atom. The van der Waals surface area contributed by atoms with Crippen LogP contribution in [0.5, 0.6) is 0 Å². The first-order valence-corrected chi connectivity index (χ1v) is 8.25. The van der Waals surface area contributed by atoms with Crippen molar-refractivity contribution in [2.75, 3.05) is 7.05 Å². The average molecular weight is 287 g/mol. The van der Waals surface area contributed by atoms with Gasteiger partial charge in [0.15, 0.2) is 0 Å². The van der Waals surface area contributed by atoms with Gasteiger partial charge >= 0.3 is 0 Å². The third-order valence-corrected chi connectivity index (χ3v) is 5.70. The second-order valence-electron chi connectivity index (χ2n) is 4.57. The summed E-state index contributed by atoms with van der Waals surface area (Å²) in [6, 6.07) is 13.5. The van der Waals surface area contributed by atoms with E-state index in [2.05, 4.69) is 54.0 Å². The Bertz CT molecular complexity index is 681. The molecule has 1 unspecified atom stereocenters. The van der Waals surface area contributed by atoms with Crippen molar-refractivity contribution >= 4 is 32.8 Å². The highest BCUT2D eigenvalue weighted by molar-refractivity contribution is 7.17. The van der Waals surface area contributed by atoms with Gasteiger partial charge in [-0.25, -0.2) is 0 Å². The van der Waals surface area contributed by atoms with Gasteiger partial charge in [-0.2, -0.15) is 0 Å². The summed E-state index contributed by atoms with van der Waals surface area (Å²) in [7, 11) is 2.04. The fourth-order valence-corrected chi connectivity index (χ4v) is 4.48. The third-order valence-electron chi connectivity index (χ3n) is 3.43. The molecule has 1 N–H and O–H groups in total. The molecule has 2 aromatic heterocycles. The smallest absolute Gasteiger partial charge is 0.0682 e. The van der Waals surface area contributed by atoms with Crippen LogP contribution < -0.4 is 5.32 Å². The van der Waals surface area contributed by atoms with E-state index in [1.54, 1.807) is 0 Å². The Hall–Kier alpha value is -1.16. The van der Waals surface area contributed by atoms with Crippen LogP contribution in [0, 0.1) is 0 Å². The second kappa shape index (κ2) is 5.45. The maximum Gasteiger partial charge on any atom is 0.0682 e. The first kappa shape index (κ1) is 12.9. The van der Waals surface area contributed by atoms with E-state index < -0.39 is 0 Å². The molecule has 1 aromatic carbocycles. The number of fused-ring (bicyclic) bond motifs is 1. The zero-order chi connectivity index (χ0) is 13.2. The van der Waals surface area contributed by atoms with E-state index in [1.807, 2.05) is 29.7 Å². The Morgan fingerprint density at radius 1 is 1.16 bits per heavy atom. The summed E-state index contributed by atoms with van der Waals surface area (Å²) in [6.45, 7) is 2.21. The largest absolute Gasteiger partial charge is 0.309 e. The van der Waals surface area contributed by atoms with E-state index >= 15 is 0 Å². The number of thiophene rings is 2. The zero-order valence-corrected chi connectivity index (χ0v) is 12.8. The van der Waals surface area contributed by atoms with Gasteiger partial charge in [0.05, 0.1) is 6.04 Å². The predicted octanol–water partition coefficient (Wildman–Crippen LogP) is 4.83. The van der Waals surface area contributed by atoms with Gasteiger partial charge in [0.1, 0.15) is 0 Å². The molecule has 0 radical (unpaired) electrons. The maximum atomic E-state index is 3.47. The predicted molar refractivity (Wildman–Crippen MR) is 86.4 cm³/mol. The van der Waals surface area contributed by atoms with Crippen molar-refractivity contribution < 1.29 is 0 Å². The lowest BCUT2D eigenvalue weighted by Crippen LogP contribution is -2.15. The molecule has 1 atom stereocenters. The standard InChI is InChI=1S/C16H17NS2/c1-3-11-8-9-15(19-11)16(17-2)13-10-18-14-7-5-4-6-12(13)14/h4-10,16-17H,3H2,1-2H3. The summed E-state index contributed by atoms with van der Waals surface area (Å²) >= 11 is 3.74. The Labute approximate surface area is 121 Å². The molecular weight excluding hydrogens is 270 g/mol. The fraction of sp³-hybridized carbons (Fsp3) is 0.250. The summed E-state index contributed by atoms with van der Waals surface area (Å²) in [6.07, 6.45) is 1.12. The van der Waals surface area contributed by atoms with Gasteiger partial charge in [-0.3, -0.25) is 0 Å². The van der Waals surface area contributed by atoms with E-state index in [0.717, 1.165) is 6.42 Å². The normalized spacial score (nSPS) is 12.9. The minimum Gasteiger partial charge on any atom is -0.309 e. The summed E-state index contributed by atoms with van der Waals surface area (Å²) in [5.41, 5.74) is 1.40. The molecule has 0 aliphatic carbocycles. The molecule has 3 aromatic rings. The highest BCUT2D eigenvalue weighted by Gasteiger charge is 2.17. The van der Waals surface area contributed by atoms with Gasteiger partial charge in [-0.05, 0) is 48.0 Å². The Kier molecular flexibility index (Phi) is 3.69. The molecule has 0 spiro atoms. The Balaban J connectivity index is 2.06. The van der Waals surface area contributed by atoms with Gasteiger partial charge < -0.3 is 5.32 Å². The zero-order valence-electron chi connectivity index (χ0n) is 11.1. The van der Waals surface area contributed by atoms with Crippen LogP contribution in [0.25, 0.3) is 10.1 Å².